The fourth-order valence-corrected chi connectivity index (χ4v) is 2.94. The van der Waals surface area contributed by atoms with Crippen molar-refractivity contribution in [2.45, 2.75) is 20.4 Å². The summed E-state index contributed by atoms with van der Waals surface area (Å²) in [6.07, 6.45) is 0. The maximum atomic E-state index is 11.1. The Hall–Kier alpha value is -0.0000000000000000555. The van der Waals surface area contributed by atoms with Crippen LogP contribution < -0.4 is 4.87 Å². The Morgan fingerprint density at radius 2 is 2.18 bits per heavy atom. The van der Waals surface area contributed by atoms with Crippen molar-refractivity contribution in [1.82, 2.24) is 4.57 Å². The van der Waals surface area contributed by atoms with Crippen molar-refractivity contribution in [3.05, 3.63) is 13.6 Å². The summed E-state index contributed by atoms with van der Waals surface area (Å²) in [5.74, 6) is 0.483. The molecule has 0 spiro atoms. The van der Waals surface area contributed by atoms with Crippen LogP contribution in [0.5, 0.6) is 0 Å². The lowest BCUT2D eigenvalue weighted by atomic mass is 10.2. The SMILES string of the molecule is CC(C)Cn1c(=O)ssc1=S. The molecule has 0 fully saturated rings. The Labute approximate surface area is 77.5 Å². The van der Waals surface area contributed by atoms with Gasteiger partial charge in [-0.25, -0.2) is 0 Å². The van der Waals surface area contributed by atoms with Gasteiger partial charge in [0.05, 0.1) is 0 Å². The van der Waals surface area contributed by atoms with Gasteiger partial charge in [-0.3, -0.25) is 9.36 Å². The van der Waals surface area contributed by atoms with Gasteiger partial charge in [-0.15, -0.1) is 0 Å². The predicted octanol–water partition coefficient (Wildman–Crippen LogP) is 2.36. The van der Waals surface area contributed by atoms with Crippen LogP contribution in [0.1, 0.15) is 13.8 Å². The normalized spacial score (nSPS) is 10.8. The van der Waals surface area contributed by atoms with Gasteiger partial charge in [0.1, 0.15) is 0 Å². The van der Waals surface area contributed by atoms with Crippen LogP contribution in [0.4, 0.5) is 0 Å². The van der Waals surface area contributed by atoms with Gasteiger partial charge in [0, 0.05) is 6.54 Å². The highest BCUT2D eigenvalue weighted by atomic mass is 32.9. The predicted molar refractivity (Wildman–Crippen MR) is 52.1 cm³/mol. The molecule has 0 N–H and O–H groups in total. The Bertz CT molecular complexity index is 305. The van der Waals surface area contributed by atoms with Gasteiger partial charge in [0.15, 0.2) is 3.95 Å². The zero-order valence-corrected chi connectivity index (χ0v) is 8.81. The summed E-state index contributed by atoms with van der Waals surface area (Å²) in [6.45, 7) is 4.89. The molecule has 0 radical (unpaired) electrons. The maximum absolute atomic E-state index is 11.1. The quantitative estimate of drug-likeness (QED) is 0.548. The zero-order valence-electron chi connectivity index (χ0n) is 6.36. The third-order valence-corrected chi connectivity index (χ3v) is 3.92. The number of hydrogen-bond donors (Lipinski definition) is 0. The zero-order chi connectivity index (χ0) is 8.43. The molecule has 0 atom stereocenters. The van der Waals surface area contributed by atoms with Crippen molar-refractivity contribution in [3.63, 3.8) is 0 Å². The van der Waals surface area contributed by atoms with E-state index in [1.54, 1.807) is 4.57 Å². The minimum Gasteiger partial charge on any atom is -0.281 e. The monoisotopic (exact) mass is 207 g/mol. The molecule has 2 nitrogen and oxygen atoms in total. The van der Waals surface area contributed by atoms with Crippen LogP contribution in [0.2, 0.25) is 0 Å². The van der Waals surface area contributed by atoms with Crippen molar-refractivity contribution in [1.29, 1.82) is 0 Å². The lowest BCUT2D eigenvalue weighted by Gasteiger charge is -2.02. The summed E-state index contributed by atoms with van der Waals surface area (Å²) in [5.41, 5.74) is 0. The van der Waals surface area contributed by atoms with Crippen LogP contribution in [0.3, 0.4) is 0 Å². The third-order valence-electron chi connectivity index (χ3n) is 1.17. The summed E-state index contributed by atoms with van der Waals surface area (Å²) in [6, 6.07) is 0. The van der Waals surface area contributed by atoms with Crippen molar-refractivity contribution in [2.75, 3.05) is 0 Å². The van der Waals surface area contributed by atoms with E-state index in [0.29, 0.717) is 9.87 Å². The van der Waals surface area contributed by atoms with Gasteiger partial charge in [0.2, 0.25) is 0 Å². The molecule has 1 heterocycles. The number of aromatic nitrogens is 1. The second-order valence-corrected chi connectivity index (χ2v) is 5.42. The van der Waals surface area contributed by atoms with E-state index in [1.165, 1.54) is 20.7 Å². The average Bonchev–Trinajstić information content (AvgIpc) is 2.18. The second kappa shape index (κ2) is 3.60. The topological polar surface area (TPSA) is 22.0 Å². The second-order valence-electron chi connectivity index (χ2n) is 2.70. The minimum absolute atomic E-state index is 0.0775. The molecule has 11 heavy (non-hydrogen) atoms. The minimum atomic E-state index is 0.0775. The van der Waals surface area contributed by atoms with E-state index in [0.717, 1.165) is 6.54 Å². The van der Waals surface area contributed by atoms with Gasteiger partial charge >= 0.3 is 4.87 Å². The van der Waals surface area contributed by atoms with E-state index in [9.17, 15) is 4.79 Å². The lowest BCUT2D eigenvalue weighted by Crippen LogP contribution is -2.16. The third kappa shape index (κ3) is 2.21. The van der Waals surface area contributed by atoms with E-state index >= 15 is 0 Å². The summed E-state index contributed by atoms with van der Waals surface area (Å²) < 4.78 is 2.36. The summed E-state index contributed by atoms with van der Waals surface area (Å²) in [7, 11) is 2.60. The first-order valence-electron chi connectivity index (χ1n) is 3.31. The molecule has 0 amide bonds. The number of nitrogens with zero attached hydrogens (tertiary/aromatic N) is 1. The van der Waals surface area contributed by atoms with Crippen molar-refractivity contribution in [3.8, 4) is 0 Å². The van der Waals surface area contributed by atoms with Crippen LogP contribution >= 0.6 is 32.9 Å². The van der Waals surface area contributed by atoms with Crippen LogP contribution in [-0.2, 0) is 6.54 Å². The smallest absolute Gasteiger partial charge is 0.281 e. The molecule has 5 heteroatoms. The molecule has 0 saturated carbocycles. The summed E-state index contributed by atoms with van der Waals surface area (Å²) >= 11 is 4.98. The highest BCUT2D eigenvalue weighted by molar-refractivity contribution is 7.79. The van der Waals surface area contributed by atoms with Gasteiger partial charge < -0.3 is 0 Å². The van der Waals surface area contributed by atoms with Gasteiger partial charge in [-0.2, -0.15) is 0 Å². The Morgan fingerprint density at radius 1 is 1.55 bits per heavy atom. The maximum Gasteiger partial charge on any atom is 0.318 e. The molecule has 0 saturated heterocycles. The van der Waals surface area contributed by atoms with E-state index < -0.39 is 0 Å². The van der Waals surface area contributed by atoms with Gasteiger partial charge in [-0.1, -0.05) is 13.8 Å². The molecule has 1 aromatic rings. The highest BCUT2D eigenvalue weighted by Gasteiger charge is 2.02. The van der Waals surface area contributed by atoms with Crippen molar-refractivity contribution >= 4 is 32.9 Å². The molecular weight excluding hydrogens is 198 g/mol. The lowest BCUT2D eigenvalue weighted by molar-refractivity contribution is 0.516. The van der Waals surface area contributed by atoms with Gasteiger partial charge in [0.25, 0.3) is 0 Å². The first-order chi connectivity index (χ1) is 5.11. The molecule has 0 aliphatic heterocycles. The summed E-state index contributed by atoms with van der Waals surface area (Å²) in [4.78, 5) is 11.2. The van der Waals surface area contributed by atoms with E-state index in [4.69, 9.17) is 12.2 Å². The fourth-order valence-electron chi connectivity index (χ4n) is 0.750. The first-order valence-corrected chi connectivity index (χ1v) is 5.87. The number of rotatable bonds is 2. The average molecular weight is 207 g/mol. The first kappa shape index (κ1) is 9.09. The molecule has 0 aliphatic carbocycles. The van der Waals surface area contributed by atoms with Crippen LogP contribution in [0.15, 0.2) is 4.79 Å². The largest absolute Gasteiger partial charge is 0.318 e. The Kier molecular flexibility index (Phi) is 2.98. The molecule has 1 rings (SSSR count). The fraction of sp³-hybridized carbons (Fsp3) is 0.667. The van der Waals surface area contributed by atoms with Crippen molar-refractivity contribution < 1.29 is 0 Å². The number of hydrogen-bond acceptors (Lipinski definition) is 4. The van der Waals surface area contributed by atoms with E-state index in [-0.39, 0.29) is 4.87 Å². The van der Waals surface area contributed by atoms with E-state index in [1.807, 2.05) is 0 Å². The molecule has 0 bridgehead atoms. The molecule has 1 aromatic heterocycles. The molecule has 62 valence electrons. The standard InChI is InChI=1S/C6H9NOS3/c1-4(2)3-7-5(8)10-11-6(7)9/h4H,3H2,1-2H3. The highest BCUT2D eigenvalue weighted by Crippen LogP contribution is 2.06. The summed E-state index contributed by atoms with van der Waals surface area (Å²) in [5, 5.41) is 0. The van der Waals surface area contributed by atoms with Crippen molar-refractivity contribution in [2.24, 2.45) is 5.92 Å². The van der Waals surface area contributed by atoms with Gasteiger partial charge in [-0.05, 0) is 38.8 Å². The van der Waals surface area contributed by atoms with Crippen LogP contribution in [-0.4, -0.2) is 4.57 Å². The van der Waals surface area contributed by atoms with E-state index in [2.05, 4.69) is 13.8 Å². The molecule has 0 aromatic carbocycles. The molecule has 0 unspecified atom stereocenters. The van der Waals surface area contributed by atoms with Crippen LogP contribution in [0, 0.1) is 9.87 Å². The molecular formula is C6H9NOS3. The van der Waals surface area contributed by atoms with Crippen LogP contribution in [0.25, 0.3) is 0 Å². The Morgan fingerprint density at radius 3 is 2.55 bits per heavy atom. The Balaban J connectivity index is 3.02. The molecule has 0 aliphatic rings.